The van der Waals surface area contributed by atoms with Crippen LogP contribution >= 0.6 is 23.4 Å². The molecule has 3 aromatic rings. The third-order valence-electron chi connectivity index (χ3n) is 8.26. The molecular formula is C34H40ClNO6S. The van der Waals surface area contributed by atoms with E-state index in [4.69, 9.17) is 21.1 Å². The van der Waals surface area contributed by atoms with Crippen molar-refractivity contribution in [1.29, 1.82) is 0 Å². The molecule has 1 heterocycles. The molecule has 0 bridgehead atoms. The molecule has 0 spiro atoms. The number of nitrogens with one attached hydrogen (secondary N) is 1. The van der Waals surface area contributed by atoms with Crippen molar-refractivity contribution in [3.63, 3.8) is 0 Å². The Morgan fingerprint density at radius 2 is 1.72 bits per heavy atom. The standard InChI is InChI=1S/C34H40ClNO6S/c1-2-41-25-15-12-21(13-16-25)18-24-19-23(14-17-26(24)35)33-32(39)31(38)30(37)28(42-33)20-43-29-11-7-6-10-27(29)36-34(40)22-8-4-3-5-9-22/h6-7,10-17,19,22,28,30-33,37-39H,2-5,8-9,18,20H2,1H3,(H,36,40)/t28-,30-,31+,32-,33+/m1/s1. The van der Waals surface area contributed by atoms with Crippen molar-refractivity contribution in [3.8, 4) is 5.75 Å². The minimum atomic E-state index is -1.39. The average Bonchev–Trinajstić information content (AvgIpc) is 3.03. The number of para-hydroxylation sites is 1. The maximum atomic E-state index is 12.9. The molecule has 2 fully saturated rings. The minimum absolute atomic E-state index is 0.0337. The molecule has 7 nitrogen and oxygen atoms in total. The van der Waals surface area contributed by atoms with Crippen molar-refractivity contribution in [2.45, 2.75) is 80.9 Å². The van der Waals surface area contributed by atoms with Gasteiger partial charge in [-0.3, -0.25) is 4.79 Å². The lowest BCUT2D eigenvalue weighted by Gasteiger charge is -2.41. The normalized spacial score (nSPS) is 24.4. The Balaban J connectivity index is 1.28. The lowest BCUT2D eigenvalue weighted by molar-refractivity contribution is -0.218. The van der Waals surface area contributed by atoms with Crippen LogP contribution in [0.1, 0.15) is 61.8 Å². The van der Waals surface area contributed by atoms with Crippen molar-refractivity contribution in [1.82, 2.24) is 0 Å². The Morgan fingerprint density at radius 1 is 0.977 bits per heavy atom. The molecule has 2 aliphatic rings. The quantitative estimate of drug-likeness (QED) is 0.200. The van der Waals surface area contributed by atoms with E-state index in [0.29, 0.717) is 29.4 Å². The van der Waals surface area contributed by atoms with Crippen LogP contribution in [-0.4, -0.2) is 58.0 Å². The first kappa shape index (κ1) is 31.8. The highest BCUT2D eigenvalue weighted by Gasteiger charge is 2.44. The Bertz CT molecular complexity index is 1370. The number of ether oxygens (including phenoxy) is 2. The monoisotopic (exact) mass is 625 g/mol. The van der Waals surface area contributed by atoms with E-state index in [9.17, 15) is 20.1 Å². The lowest BCUT2D eigenvalue weighted by atomic mass is 9.88. The Hall–Kier alpha value is -2.59. The van der Waals surface area contributed by atoms with Gasteiger partial charge in [-0.05, 0) is 73.2 Å². The highest BCUT2D eigenvalue weighted by atomic mass is 35.5. The second-order valence-electron chi connectivity index (χ2n) is 11.3. The third kappa shape index (κ3) is 7.93. The van der Waals surface area contributed by atoms with E-state index in [1.54, 1.807) is 12.1 Å². The van der Waals surface area contributed by atoms with Gasteiger partial charge in [0.1, 0.15) is 30.2 Å². The first-order chi connectivity index (χ1) is 20.8. The summed E-state index contributed by atoms with van der Waals surface area (Å²) in [6, 6.07) is 20.8. The molecule has 43 heavy (non-hydrogen) atoms. The SMILES string of the molecule is CCOc1ccc(Cc2cc([C@@H]3O[C@H](CSc4ccccc4NC(=O)C4CCCCC4)[C@@H](O)[C@H](O)[C@H]3O)ccc2Cl)cc1. The molecule has 1 amide bonds. The summed E-state index contributed by atoms with van der Waals surface area (Å²) in [6.07, 6.45) is 0.121. The number of amides is 1. The van der Waals surface area contributed by atoms with E-state index >= 15 is 0 Å². The second kappa shape index (κ2) is 14.9. The predicted octanol–water partition coefficient (Wildman–Crippen LogP) is 6.16. The molecule has 1 saturated carbocycles. The summed E-state index contributed by atoms with van der Waals surface area (Å²) < 4.78 is 11.8. The van der Waals surface area contributed by atoms with Crippen molar-refractivity contribution >= 4 is 35.0 Å². The number of rotatable bonds is 10. The largest absolute Gasteiger partial charge is 0.494 e. The van der Waals surface area contributed by atoms with Crippen LogP contribution in [0.5, 0.6) is 5.75 Å². The zero-order chi connectivity index (χ0) is 30.3. The van der Waals surface area contributed by atoms with Crippen LogP contribution in [0.2, 0.25) is 5.02 Å². The molecule has 4 N–H and O–H groups in total. The topological polar surface area (TPSA) is 108 Å². The maximum absolute atomic E-state index is 12.9. The number of hydrogen-bond acceptors (Lipinski definition) is 7. The summed E-state index contributed by atoms with van der Waals surface area (Å²) in [5.74, 6) is 1.19. The molecule has 1 saturated heterocycles. The fraction of sp³-hybridized carbons (Fsp3) is 0.441. The van der Waals surface area contributed by atoms with Gasteiger partial charge in [0.2, 0.25) is 5.91 Å². The molecule has 1 aliphatic carbocycles. The van der Waals surface area contributed by atoms with Crippen molar-refractivity contribution in [2.24, 2.45) is 5.92 Å². The van der Waals surface area contributed by atoms with Gasteiger partial charge in [0.05, 0.1) is 18.4 Å². The van der Waals surface area contributed by atoms with Gasteiger partial charge in [-0.2, -0.15) is 0 Å². The Labute approximate surface area is 262 Å². The van der Waals surface area contributed by atoms with Gasteiger partial charge in [0.25, 0.3) is 0 Å². The number of anilines is 1. The fourth-order valence-electron chi connectivity index (χ4n) is 5.83. The van der Waals surface area contributed by atoms with Gasteiger partial charge in [-0.1, -0.05) is 67.3 Å². The second-order valence-corrected chi connectivity index (χ2v) is 12.8. The molecule has 0 unspecified atom stereocenters. The Kier molecular flexibility index (Phi) is 11.0. The van der Waals surface area contributed by atoms with Gasteiger partial charge in [-0.15, -0.1) is 11.8 Å². The van der Waals surface area contributed by atoms with E-state index in [0.717, 1.165) is 53.1 Å². The first-order valence-electron chi connectivity index (χ1n) is 15.1. The van der Waals surface area contributed by atoms with E-state index in [1.165, 1.54) is 18.2 Å². The molecule has 1 aliphatic heterocycles. The molecular weight excluding hydrogens is 586 g/mol. The van der Waals surface area contributed by atoms with Crippen molar-refractivity contribution in [3.05, 3.63) is 88.4 Å². The van der Waals surface area contributed by atoms with E-state index in [2.05, 4.69) is 5.32 Å². The summed E-state index contributed by atoms with van der Waals surface area (Å²) in [4.78, 5) is 13.8. The number of hydrogen-bond donors (Lipinski definition) is 4. The fourth-order valence-corrected chi connectivity index (χ4v) is 7.08. The lowest BCUT2D eigenvalue weighted by Crippen LogP contribution is -2.54. The molecule has 0 radical (unpaired) electrons. The van der Waals surface area contributed by atoms with E-state index < -0.39 is 30.5 Å². The summed E-state index contributed by atoms with van der Waals surface area (Å²) in [5.41, 5.74) is 3.29. The highest BCUT2D eigenvalue weighted by Crippen LogP contribution is 2.38. The summed E-state index contributed by atoms with van der Waals surface area (Å²) in [7, 11) is 0. The van der Waals surface area contributed by atoms with Crippen LogP contribution in [0.25, 0.3) is 0 Å². The maximum Gasteiger partial charge on any atom is 0.227 e. The van der Waals surface area contributed by atoms with Gasteiger partial charge in [0, 0.05) is 21.6 Å². The van der Waals surface area contributed by atoms with Crippen LogP contribution < -0.4 is 10.1 Å². The third-order valence-corrected chi connectivity index (χ3v) is 9.79. The van der Waals surface area contributed by atoms with E-state index in [-0.39, 0.29) is 11.8 Å². The molecule has 3 aromatic carbocycles. The minimum Gasteiger partial charge on any atom is -0.494 e. The molecule has 5 rings (SSSR count). The van der Waals surface area contributed by atoms with Gasteiger partial charge < -0.3 is 30.1 Å². The van der Waals surface area contributed by atoms with Crippen LogP contribution in [0.3, 0.4) is 0 Å². The van der Waals surface area contributed by atoms with Crippen molar-refractivity contribution in [2.75, 3.05) is 17.7 Å². The molecule has 9 heteroatoms. The number of carbonyl (C=O) groups is 1. The smallest absolute Gasteiger partial charge is 0.227 e. The highest BCUT2D eigenvalue weighted by molar-refractivity contribution is 7.99. The number of aliphatic hydroxyl groups is 3. The van der Waals surface area contributed by atoms with Crippen LogP contribution in [0, 0.1) is 5.92 Å². The van der Waals surface area contributed by atoms with Crippen LogP contribution in [0.4, 0.5) is 5.69 Å². The number of carbonyl (C=O) groups excluding carboxylic acids is 1. The number of benzene rings is 3. The zero-order valence-corrected chi connectivity index (χ0v) is 25.9. The molecule has 0 aromatic heterocycles. The molecule has 230 valence electrons. The van der Waals surface area contributed by atoms with Crippen LogP contribution in [-0.2, 0) is 16.0 Å². The van der Waals surface area contributed by atoms with Gasteiger partial charge in [0.15, 0.2) is 0 Å². The Morgan fingerprint density at radius 3 is 2.47 bits per heavy atom. The molecule has 5 atom stereocenters. The average molecular weight is 626 g/mol. The number of thioether (sulfide) groups is 1. The van der Waals surface area contributed by atoms with Crippen molar-refractivity contribution < 1.29 is 29.6 Å². The number of aliphatic hydroxyl groups excluding tert-OH is 3. The first-order valence-corrected chi connectivity index (χ1v) is 16.4. The van der Waals surface area contributed by atoms with Crippen LogP contribution in [0.15, 0.2) is 71.6 Å². The number of halogens is 1. The summed E-state index contributed by atoms with van der Waals surface area (Å²) >= 11 is 7.98. The van der Waals surface area contributed by atoms with Gasteiger partial charge >= 0.3 is 0 Å². The summed E-state index contributed by atoms with van der Waals surface area (Å²) in [5, 5.41) is 36.3. The van der Waals surface area contributed by atoms with E-state index in [1.807, 2.05) is 61.5 Å². The zero-order valence-electron chi connectivity index (χ0n) is 24.3. The summed E-state index contributed by atoms with van der Waals surface area (Å²) in [6.45, 7) is 2.54. The van der Waals surface area contributed by atoms with Gasteiger partial charge in [-0.25, -0.2) is 0 Å². The predicted molar refractivity (Wildman–Crippen MR) is 170 cm³/mol.